The van der Waals surface area contributed by atoms with Gasteiger partial charge in [-0.25, -0.2) is 9.18 Å². The monoisotopic (exact) mass is 349 g/mol. The van der Waals surface area contributed by atoms with Crippen LogP contribution < -0.4 is 5.32 Å². The van der Waals surface area contributed by atoms with E-state index in [1.54, 1.807) is 18.2 Å². The van der Waals surface area contributed by atoms with Crippen molar-refractivity contribution in [3.8, 4) is 11.1 Å². The van der Waals surface area contributed by atoms with E-state index in [0.717, 1.165) is 11.1 Å². The number of anilines is 1. The van der Waals surface area contributed by atoms with Gasteiger partial charge in [0.1, 0.15) is 5.82 Å². The molecule has 0 fully saturated rings. The number of carbonyl (C=O) groups is 2. The van der Waals surface area contributed by atoms with Gasteiger partial charge in [0.15, 0.2) is 0 Å². The number of amides is 1. The largest absolute Gasteiger partial charge is 0.478 e. The standard InChI is InChI=1S/C21H16FNO3/c1-13-5-4-6-14(11-13)16-10-9-15(12-19(16)22)23-20(24)17-7-2-3-8-18(17)21(25)26/h2-12H,1H3,(H,23,24)(H,25,26). The van der Waals surface area contributed by atoms with Crippen LogP contribution in [0.2, 0.25) is 0 Å². The van der Waals surface area contributed by atoms with Crippen LogP contribution in [0.3, 0.4) is 0 Å². The van der Waals surface area contributed by atoms with Crippen molar-refractivity contribution in [2.24, 2.45) is 0 Å². The number of benzene rings is 3. The number of halogens is 1. The maximum Gasteiger partial charge on any atom is 0.336 e. The molecule has 0 heterocycles. The van der Waals surface area contributed by atoms with Gasteiger partial charge < -0.3 is 10.4 Å². The zero-order valence-electron chi connectivity index (χ0n) is 14.0. The quantitative estimate of drug-likeness (QED) is 0.714. The summed E-state index contributed by atoms with van der Waals surface area (Å²) < 4.78 is 14.5. The van der Waals surface area contributed by atoms with Gasteiger partial charge in [-0.05, 0) is 42.8 Å². The summed E-state index contributed by atoms with van der Waals surface area (Å²) in [5.41, 5.74) is 2.35. The Bertz CT molecular complexity index is 998. The van der Waals surface area contributed by atoms with Gasteiger partial charge in [-0.2, -0.15) is 0 Å². The molecule has 1 amide bonds. The summed E-state index contributed by atoms with van der Waals surface area (Å²) in [7, 11) is 0. The van der Waals surface area contributed by atoms with E-state index in [2.05, 4.69) is 5.32 Å². The first kappa shape index (κ1) is 17.4. The third-order valence-corrected chi connectivity index (χ3v) is 3.96. The lowest BCUT2D eigenvalue weighted by molar-refractivity contribution is 0.0692. The van der Waals surface area contributed by atoms with Gasteiger partial charge >= 0.3 is 5.97 Å². The number of aromatic carboxylic acids is 1. The highest BCUT2D eigenvalue weighted by atomic mass is 19.1. The molecule has 0 aliphatic rings. The van der Waals surface area contributed by atoms with Crippen LogP contribution >= 0.6 is 0 Å². The molecule has 0 saturated heterocycles. The van der Waals surface area contributed by atoms with Crippen molar-refractivity contribution in [1.29, 1.82) is 0 Å². The van der Waals surface area contributed by atoms with Crippen LogP contribution in [0.15, 0.2) is 66.7 Å². The molecule has 0 bridgehead atoms. The molecule has 0 atom stereocenters. The number of carboxylic acid groups (broad SMARTS) is 1. The normalized spacial score (nSPS) is 10.4. The number of aryl methyl sites for hydroxylation is 1. The predicted octanol–water partition coefficient (Wildman–Crippen LogP) is 4.75. The molecule has 130 valence electrons. The Morgan fingerprint density at radius 1 is 0.923 bits per heavy atom. The van der Waals surface area contributed by atoms with Crippen molar-refractivity contribution >= 4 is 17.6 Å². The van der Waals surface area contributed by atoms with Gasteiger partial charge in [0, 0.05) is 11.3 Å². The summed E-state index contributed by atoms with van der Waals surface area (Å²) >= 11 is 0. The highest BCUT2D eigenvalue weighted by molar-refractivity contribution is 6.10. The summed E-state index contributed by atoms with van der Waals surface area (Å²) in [6.45, 7) is 1.93. The summed E-state index contributed by atoms with van der Waals surface area (Å²) in [4.78, 5) is 23.6. The summed E-state index contributed by atoms with van der Waals surface area (Å²) in [5, 5.41) is 11.7. The number of hydrogen-bond acceptors (Lipinski definition) is 2. The van der Waals surface area contributed by atoms with Crippen molar-refractivity contribution in [3.63, 3.8) is 0 Å². The van der Waals surface area contributed by atoms with E-state index in [4.69, 9.17) is 5.11 Å². The molecule has 0 saturated carbocycles. The SMILES string of the molecule is Cc1cccc(-c2ccc(NC(=O)c3ccccc3C(=O)O)cc2F)c1. The van der Waals surface area contributed by atoms with Crippen molar-refractivity contribution in [2.75, 3.05) is 5.32 Å². The van der Waals surface area contributed by atoms with E-state index in [9.17, 15) is 14.0 Å². The molecule has 0 radical (unpaired) electrons. The van der Waals surface area contributed by atoms with Gasteiger partial charge in [-0.3, -0.25) is 4.79 Å². The van der Waals surface area contributed by atoms with Crippen LogP contribution in [0, 0.1) is 12.7 Å². The van der Waals surface area contributed by atoms with Crippen molar-refractivity contribution in [3.05, 3.63) is 89.2 Å². The Morgan fingerprint density at radius 3 is 2.31 bits per heavy atom. The molecule has 5 heteroatoms. The number of rotatable bonds is 4. The molecule has 0 aliphatic carbocycles. The van der Waals surface area contributed by atoms with Crippen LogP contribution in [-0.4, -0.2) is 17.0 Å². The highest BCUT2D eigenvalue weighted by Gasteiger charge is 2.16. The fraction of sp³-hybridized carbons (Fsp3) is 0.0476. The second kappa shape index (κ2) is 7.19. The molecule has 3 aromatic rings. The zero-order valence-corrected chi connectivity index (χ0v) is 14.0. The fourth-order valence-corrected chi connectivity index (χ4v) is 2.71. The maximum atomic E-state index is 14.5. The van der Waals surface area contributed by atoms with Crippen LogP contribution in [0.4, 0.5) is 10.1 Å². The van der Waals surface area contributed by atoms with Gasteiger partial charge in [0.05, 0.1) is 11.1 Å². The summed E-state index contributed by atoms with van der Waals surface area (Å²) in [6, 6.07) is 17.7. The van der Waals surface area contributed by atoms with Crippen molar-refractivity contribution < 1.29 is 19.1 Å². The third-order valence-electron chi connectivity index (χ3n) is 3.96. The van der Waals surface area contributed by atoms with E-state index in [0.29, 0.717) is 5.56 Å². The van der Waals surface area contributed by atoms with E-state index in [-0.39, 0.29) is 16.8 Å². The molecular formula is C21H16FNO3. The Hall–Kier alpha value is -3.47. The van der Waals surface area contributed by atoms with E-state index < -0.39 is 17.7 Å². The lowest BCUT2D eigenvalue weighted by Gasteiger charge is -2.10. The molecule has 26 heavy (non-hydrogen) atoms. The number of carboxylic acids is 1. The van der Waals surface area contributed by atoms with Gasteiger partial charge in [-0.1, -0.05) is 42.0 Å². The molecule has 2 N–H and O–H groups in total. The molecule has 0 unspecified atom stereocenters. The molecule has 0 aromatic heterocycles. The van der Waals surface area contributed by atoms with Gasteiger partial charge in [0.2, 0.25) is 0 Å². The van der Waals surface area contributed by atoms with Crippen LogP contribution in [-0.2, 0) is 0 Å². The smallest absolute Gasteiger partial charge is 0.336 e. The molecule has 3 aromatic carbocycles. The number of hydrogen-bond donors (Lipinski definition) is 2. The average molecular weight is 349 g/mol. The second-order valence-electron chi connectivity index (χ2n) is 5.87. The van der Waals surface area contributed by atoms with Crippen LogP contribution in [0.5, 0.6) is 0 Å². The summed E-state index contributed by atoms with van der Waals surface area (Å²) in [6.07, 6.45) is 0. The first-order valence-corrected chi connectivity index (χ1v) is 7.96. The Morgan fingerprint density at radius 2 is 1.65 bits per heavy atom. The van der Waals surface area contributed by atoms with E-state index >= 15 is 0 Å². The van der Waals surface area contributed by atoms with E-state index in [1.165, 1.54) is 24.3 Å². The molecule has 4 nitrogen and oxygen atoms in total. The first-order chi connectivity index (χ1) is 12.5. The van der Waals surface area contributed by atoms with Crippen LogP contribution in [0.1, 0.15) is 26.3 Å². The molecule has 3 rings (SSSR count). The zero-order chi connectivity index (χ0) is 18.7. The van der Waals surface area contributed by atoms with Crippen molar-refractivity contribution in [2.45, 2.75) is 6.92 Å². The van der Waals surface area contributed by atoms with Crippen molar-refractivity contribution in [1.82, 2.24) is 0 Å². The minimum absolute atomic E-state index is 0.0168. The Balaban J connectivity index is 1.87. The number of carbonyl (C=O) groups excluding carboxylic acids is 1. The minimum atomic E-state index is -1.20. The second-order valence-corrected chi connectivity index (χ2v) is 5.87. The molecule has 0 spiro atoms. The lowest BCUT2D eigenvalue weighted by Crippen LogP contribution is -2.16. The molecule has 0 aliphatic heterocycles. The third kappa shape index (κ3) is 3.62. The van der Waals surface area contributed by atoms with Gasteiger partial charge in [-0.15, -0.1) is 0 Å². The van der Waals surface area contributed by atoms with E-state index in [1.807, 2.05) is 31.2 Å². The fourth-order valence-electron chi connectivity index (χ4n) is 2.71. The number of nitrogens with one attached hydrogen (secondary N) is 1. The maximum absolute atomic E-state index is 14.5. The van der Waals surface area contributed by atoms with Crippen LogP contribution in [0.25, 0.3) is 11.1 Å². The highest BCUT2D eigenvalue weighted by Crippen LogP contribution is 2.26. The topological polar surface area (TPSA) is 66.4 Å². The molecular weight excluding hydrogens is 333 g/mol. The minimum Gasteiger partial charge on any atom is -0.478 e. The Labute approximate surface area is 149 Å². The summed E-state index contributed by atoms with van der Waals surface area (Å²) in [5.74, 6) is -2.28. The lowest BCUT2D eigenvalue weighted by atomic mass is 10.0. The first-order valence-electron chi connectivity index (χ1n) is 7.96. The Kier molecular flexibility index (Phi) is 4.80. The predicted molar refractivity (Wildman–Crippen MR) is 97.9 cm³/mol. The average Bonchev–Trinajstić information content (AvgIpc) is 2.61. The van der Waals surface area contributed by atoms with Gasteiger partial charge in [0.25, 0.3) is 5.91 Å².